The Kier molecular flexibility index (Phi) is 27.5. The largest absolute Gasteiger partial charge is 0.477 e. The Labute approximate surface area is 488 Å². The third kappa shape index (κ3) is 22.8. The quantitative estimate of drug-likeness (QED) is 0.0180. The molecule has 0 spiro atoms. The van der Waals surface area contributed by atoms with E-state index < -0.39 is 28.8 Å². The minimum absolute atomic E-state index is 0.0270. The topological polar surface area (TPSA) is 213 Å². The number of ketones is 1. The third-order valence-electron chi connectivity index (χ3n) is 10.9. The maximum absolute atomic E-state index is 12.9. The van der Waals surface area contributed by atoms with Crippen LogP contribution in [0.5, 0.6) is 0 Å². The summed E-state index contributed by atoms with van der Waals surface area (Å²) in [5, 5.41) is 9.49. The van der Waals surface area contributed by atoms with Crippen LogP contribution in [0.25, 0.3) is 0 Å². The van der Waals surface area contributed by atoms with E-state index >= 15 is 0 Å². The van der Waals surface area contributed by atoms with Crippen molar-refractivity contribution < 1.29 is 65.6 Å². The summed E-state index contributed by atoms with van der Waals surface area (Å²) in [5.41, 5.74) is 6.32. The molecular weight excluding hydrogens is 1170 g/mol. The number of hydrogen-bond donors (Lipinski definition) is 5. The van der Waals surface area contributed by atoms with Gasteiger partial charge in [0.1, 0.15) is 46.0 Å². The molecular formula is C58H53Cl5F4N4O10. The van der Waals surface area contributed by atoms with E-state index in [1.807, 2.05) is 0 Å². The Bertz CT molecular complexity index is 3380. The van der Waals surface area contributed by atoms with Crippen LogP contribution < -0.4 is 0 Å². The average Bonchev–Trinajstić information content (AvgIpc) is 4.28. The van der Waals surface area contributed by atoms with Crippen LogP contribution in [-0.4, -0.2) is 79.8 Å². The fourth-order valence-electron chi connectivity index (χ4n) is 6.93. The van der Waals surface area contributed by atoms with Gasteiger partial charge in [0.25, 0.3) is 0 Å². The number of carbonyl (C=O) groups excluding carboxylic acids is 5. The summed E-state index contributed by atoms with van der Waals surface area (Å²) in [6.07, 6.45) is 9.27. The van der Waals surface area contributed by atoms with Gasteiger partial charge in [-0.25, -0.2) is 36.7 Å². The van der Waals surface area contributed by atoms with E-state index in [1.165, 1.54) is 60.8 Å². The lowest BCUT2D eigenvalue weighted by atomic mass is 10.0. The molecule has 0 radical (unpaired) electrons. The number of aromatic amines is 4. The Morgan fingerprint density at radius 3 is 1.22 bits per heavy atom. The number of carboxylic acid groups (broad SMARTS) is 1. The van der Waals surface area contributed by atoms with Crippen molar-refractivity contribution in [3.8, 4) is 0 Å². The van der Waals surface area contributed by atoms with Crippen LogP contribution in [0.15, 0.2) is 128 Å². The number of halogens is 9. The van der Waals surface area contributed by atoms with Crippen molar-refractivity contribution in [1.29, 1.82) is 0 Å². The Hall–Kier alpha value is -7.61. The molecule has 81 heavy (non-hydrogen) atoms. The molecule has 4 aromatic heterocycles. The maximum Gasteiger partial charge on any atom is 0.354 e. The highest BCUT2D eigenvalue weighted by molar-refractivity contribution is 6.63. The first kappa shape index (κ1) is 65.9. The molecule has 14 nitrogen and oxygen atoms in total. The highest BCUT2D eigenvalue weighted by atomic mass is 35.5. The highest BCUT2D eigenvalue weighted by Crippen LogP contribution is 2.23. The van der Waals surface area contributed by atoms with Gasteiger partial charge in [0.05, 0.1) is 19.8 Å². The number of aromatic nitrogens is 4. The van der Waals surface area contributed by atoms with Gasteiger partial charge >= 0.3 is 23.9 Å². The molecule has 428 valence electrons. The van der Waals surface area contributed by atoms with Gasteiger partial charge in [-0.15, -0.1) is 0 Å². The van der Waals surface area contributed by atoms with E-state index in [-0.39, 0.29) is 70.2 Å². The van der Waals surface area contributed by atoms with Gasteiger partial charge in [0.15, 0.2) is 5.78 Å². The number of nitrogens with one attached hydrogen (secondary N) is 4. The smallest absolute Gasteiger partial charge is 0.354 e. The van der Waals surface area contributed by atoms with Crippen LogP contribution in [0.2, 0.25) is 20.1 Å². The average molecular weight is 1220 g/mol. The predicted molar refractivity (Wildman–Crippen MR) is 301 cm³/mol. The van der Waals surface area contributed by atoms with Crippen LogP contribution in [-0.2, 0) is 57.5 Å². The van der Waals surface area contributed by atoms with Gasteiger partial charge in [0.2, 0.25) is 5.24 Å². The van der Waals surface area contributed by atoms with Crippen molar-refractivity contribution in [1.82, 2.24) is 19.9 Å². The molecule has 23 heteroatoms. The van der Waals surface area contributed by atoms with E-state index in [2.05, 4.69) is 19.9 Å². The lowest BCUT2D eigenvalue weighted by Crippen LogP contribution is -2.05. The van der Waals surface area contributed by atoms with Crippen molar-refractivity contribution in [2.45, 2.75) is 59.3 Å². The molecule has 0 bridgehead atoms. The van der Waals surface area contributed by atoms with E-state index in [0.717, 1.165) is 34.4 Å². The van der Waals surface area contributed by atoms with Gasteiger partial charge in [-0.2, -0.15) is 0 Å². The molecule has 0 aliphatic carbocycles. The molecule has 0 atom stereocenters. The standard InChI is InChI=1S/C15H13ClFNO3.C15H15ClFNO2.C13H11ClFNO2.C8H5Cl2FO.C7H9NO2/c1-2-21-15(20)13-5-10(8-18-13)14(19)6-9-3-4-11(17)7-12(9)16;1-2-20-15(19)14-7-10(9-18-14)3-4-11-5-6-12(17)8-13(11)16;14-11-6-10(15)4-3-9(11)2-1-8-5-12(13(17)18)16-7-8;9-7-4-6(11)2-1-5(7)3-8(10)12;1-2-10-7(9)6-4-3-5-8-6/h3-5,7-8,18H,2,6H2,1H3;5-9,18H,2-4H2,1H3;3-7,16H,1-2H2,(H,17,18);1-2,4H,3H2;3-5,8H,2H2,1H3. The molecule has 0 aliphatic rings. The van der Waals surface area contributed by atoms with Crippen LogP contribution in [0.4, 0.5) is 17.6 Å². The number of carboxylic acids is 1. The fourth-order valence-corrected chi connectivity index (χ4v) is 8.06. The number of aryl methyl sites for hydroxylation is 4. The molecule has 0 saturated carbocycles. The first-order valence-corrected chi connectivity index (χ1v) is 26.4. The normalized spacial score (nSPS) is 10.3. The Balaban J connectivity index is 0.000000223. The fraction of sp³-hybridized carbons (Fsp3) is 0.207. The maximum atomic E-state index is 12.9. The molecule has 4 heterocycles. The lowest BCUT2D eigenvalue weighted by molar-refractivity contribution is -0.111. The van der Waals surface area contributed by atoms with Crippen molar-refractivity contribution in [3.63, 3.8) is 0 Å². The second-order valence-corrected chi connectivity index (χ2v) is 18.8. The van der Waals surface area contributed by atoms with Crippen molar-refractivity contribution in [2.24, 2.45) is 0 Å². The van der Waals surface area contributed by atoms with Gasteiger partial charge in [-0.05, 0) is 170 Å². The molecule has 0 fully saturated rings. The SMILES string of the molecule is CCOC(=O)c1cc(C(=O)Cc2ccc(F)cc2Cl)c[nH]1.CCOC(=O)c1cc(CCc2ccc(F)cc2Cl)c[nH]1.CCOC(=O)c1ccc[nH]1.O=C(Cl)Cc1ccc(F)cc1Cl.O=C(O)c1cc(CCc2ccc(F)cc2Cl)c[nH]1. The lowest BCUT2D eigenvalue weighted by Gasteiger charge is -2.03. The molecule has 4 aromatic carbocycles. The molecule has 8 aromatic rings. The Morgan fingerprint density at radius 2 is 0.840 bits per heavy atom. The summed E-state index contributed by atoms with van der Waals surface area (Å²) in [6, 6.07) is 24.6. The van der Waals surface area contributed by atoms with Gasteiger partial charge in [-0.1, -0.05) is 70.7 Å². The summed E-state index contributed by atoms with van der Waals surface area (Å²) >= 11 is 28.5. The number of Topliss-reactive ketones (excluding diaryl/α,β-unsaturated/α-hetero) is 1. The summed E-state index contributed by atoms with van der Waals surface area (Å²) in [7, 11) is 0. The van der Waals surface area contributed by atoms with Gasteiger partial charge in [0, 0.05) is 63.3 Å². The van der Waals surface area contributed by atoms with E-state index in [0.29, 0.717) is 77.0 Å². The highest BCUT2D eigenvalue weighted by Gasteiger charge is 2.16. The minimum atomic E-state index is -0.985. The third-order valence-corrected chi connectivity index (χ3v) is 12.5. The van der Waals surface area contributed by atoms with Crippen LogP contribution in [0, 0.1) is 23.3 Å². The number of rotatable bonds is 18. The van der Waals surface area contributed by atoms with Crippen LogP contribution in [0.1, 0.15) is 106 Å². The molecule has 0 aliphatic heterocycles. The summed E-state index contributed by atoms with van der Waals surface area (Å²) in [6.45, 7) is 6.26. The number of H-pyrrole nitrogens is 4. The summed E-state index contributed by atoms with van der Waals surface area (Å²) in [5.74, 6) is -3.98. The minimum Gasteiger partial charge on any atom is -0.477 e. The van der Waals surface area contributed by atoms with E-state index in [4.69, 9.17) is 77.3 Å². The van der Waals surface area contributed by atoms with Crippen molar-refractivity contribution in [3.05, 3.63) is 233 Å². The zero-order chi connectivity index (χ0) is 59.6. The molecule has 8 rings (SSSR count). The summed E-state index contributed by atoms with van der Waals surface area (Å²) in [4.78, 5) is 78.1. The Morgan fingerprint density at radius 1 is 0.457 bits per heavy atom. The van der Waals surface area contributed by atoms with Gasteiger partial charge in [-0.3, -0.25) is 9.59 Å². The molecule has 0 amide bonds. The van der Waals surface area contributed by atoms with Crippen molar-refractivity contribution >= 4 is 92.9 Å². The summed E-state index contributed by atoms with van der Waals surface area (Å²) < 4.78 is 65.7. The number of hydrogen-bond acceptors (Lipinski definition) is 9. The number of benzene rings is 4. The van der Waals surface area contributed by atoms with Crippen LogP contribution >= 0.6 is 58.0 Å². The number of esters is 3. The van der Waals surface area contributed by atoms with Crippen molar-refractivity contribution in [2.75, 3.05) is 19.8 Å². The zero-order valence-corrected chi connectivity index (χ0v) is 47.3. The first-order chi connectivity index (χ1) is 38.6. The second-order valence-electron chi connectivity index (χ2n) is 16.8. The van der Waals surface area contributed by atoms with E-state index in [9.17, 15) is 46.3 Å². The number of ether oxygens (including phenoxy) is 3. The predicted octanol–water partition coefficient (Wildman–Crippen LogP) is 14.4. The molecule has 5 N–H and O–H groups in total. The molecule has 0 unspecified atom stereocenters. The first-order valence-electron chi connectivity index (χ1n) is 24.5. The number of aromatic carboxylic acids is 1. The second kappa shape index (κ2) is 33.9. The van der Waals surface area contributed by atoms with Crippen LogP contribution in [0.3, 0.4) is 0 Å². The molecule has 0 saturated heterocycles. The number of carbonyl (C=O) groups is 6. The zero-order valence-electron chi connectivity index (χ0n) is 43.5. The monoisotopic (exact) mass is 1220 g/mol. The van der Waals surface area contributed by atoms with Gasteiger partial charge < -0.3 is 39.3 Å². The van der Waals surface area contributed by atoms with E-state index in [1.54, 1.807) is 75.8 Å².